The first-order valence-electron chi connectivity index (χ1n) is 8.32. The molecule has 0 radical (unpaired) electrons. The third kappa shape index (κ3) is 4.88. The van der Waals surface area contributed by atoms with E-state index in [1.807, 2.05) is 0 Å². The molecule has 2 rings (SSSR count). The average molecular weight is 430 g/mol. The van der Waals surface area contributed by atoms with Crippen molar-refractivity contribution in [2.45, 2.75) is 43.9 Å². The molecule has 4 N–H and O–H groups in total. The van der Waals surface area contributed by atoms with E-state index >= 15 is 0 Å². The van der Waals surface area contributed by atoms with Crippen molar-refractivity contribution in [3.05, 3.63) is 33.2 Å². The first-order valence-corrected chi connectivity index (χ1v) is 9.50. The molecule has 2 heterocycles. The fraction of sp³-hybridized carbons (Fsp3) is 0.643. The molecule has 1 aliphatic rings. The van der Waals surface area contributed by atoms with Crippen molar-refractivity contribution in [1.82, 2.24) is 14.6 Å². The van der Waals surface area contributed by atoms with Crippen molar-refractivity contribution in [3.63, 3.8) is 0 Å². The molecule has 2 unspecified atom stereocenters. The minimum Gasteiger partial charge on any atom is -0.468 e. The molecule has 1 aromatic rings. The van der Waals surface area contributed by atoms with Crippen molar-refractivity contribution in [2.75, 3.05) is 19.5 Å². The van der Waals surface area contributed by atoms with E-state index in [-0.39, 0.29) is 12.4 Å². The fourth-order valence-electron chi connectivity index (χ4n) is 2.75. The van der Waals surface area contributed by atoms with Gasteiger partial charge in [-0.25, -0.2) is 4.79 Å². The number of carbonyl (C=O) groups excluding carboxylic acids is 1. The summed E-state index contributed by atoms with van der Waals surface area (Å²) < 4.78 is 28.3. The lowest BCUT2D eigenvalue weighted by Crippen LogP contribution is -2.44. The zero-order chi connectivity index (χ0) is 21.8. The largest absolute Gasteiger partial charge is 0.613 e. The Morgan fingerprint density at radius 3 is 2.97 bits per heavy atom. The average Bonchev–Trinajstić information content (AvgIpc) is 2.90. The number of nitrogen functional groups attached to an aromatic ring is 1. The summed E-state index contributed by atoms with van der Waals surface area (Å²) in [6.45, 7) is 2.43. The molecule has 1 saturated heterocycles. The number of azide groups is 1. The summed E-state index contributed by atoms with van der Waals surface area (Å²) in [5.74, 6) is -0.654. The van der Waals surface area contributed by atoms with E-state index in [9.17, 15) is 19.3 Å². The number of nitrogens with two attached hydrogens (primary N) is 1. The highest BCUT2D eigenvalue weighted by atomic mass is 31.1. The summed E-state index contributed by atoms with van der Waals surface area (Å²) in [6, 6.07) is 0.450. The molecule has 0 aromatic carbocycles. The Labute approximate surface area is 165 Å². The van der Waals surface area contributed by atoms with Crippen molar-refractivity contribution in [2.24, 2.45) is 5.11 Å². The zero-order valence-electron chi connectivity index (χ0n) is 15.8. The van der Waals surface area contributed by atoms with Crippen molar-refractivity contribution in [1.29, 1.82) is 0 Å². The molecule has 29 heavy (non-hydrogen) atoms. The molecule has 0 amide bonds. The number of aromatic nitrogens is 2. The molecule has 6 atom stereocenters. The zero-order valence-corrected chi connectivity index (χ0v) is 16.7. The number of hydrogen-bond acceptors (Lipinski definition) is 10. The molecular weight excluding hydrogens is 409 g/mol. The number of nitrogens with zero attached hydrogens (tertiary/aromatic N) is 5. The quantitative estimate of drug-likeness (QED) is 0.165. The topological polar surface area (TPSA) is 204 Å². The van der Waals surface area contributed by atoms with E-state index in [0.717, 1.165) is 4.57 Å². The number of hydrogen-bond donors (Lipinski definition) is 3. The third-order valence-electron chi connectivity index (χ3n) is 4.33. The van der Waals surface area contributed by atoms with Crippen LogP contribution in [-0.4, -0.2) is 58.1 Å². The van der Waals surface area contributed by atoms with Gasteiger partial charge in [-0.3, -0.25) is 9.36 Å². The molecule has 1 aromatic heterocycles. The minimum absolute atomic E-state index is 0.0158. The fourth-order valence-corrected chi connectivity index (χ4v) is 3.53. The van der Waals surface area contributed by atoms with Crippen molar-refractivity contribution < 1.29 is 28.5 Å². The Morgan fingerprint density at radius 1 is 1.69 bits per heavy atom. The number of ether oxygens (including phenoxy) is 2. The first kappa shape index (κ1) is 22.7. The lowest BCUT2D eigenvalue weighted by Gasteiger charge is -2.27. The van der Waals surface area contributed by atoms with Gasteiger partial charge in [0.05, 0.1) is 13.2 Å². The molecule has 1 fully saturated rings. The van der Waals surface area contributed by atoms with Crippen LogP contribution < -0.4 is 16.5 Å². The Balaban J connectivity index is 2.17. The van der Waals surface area contributed by atoms with Crippen LogP contribution in [0.1, 0.15) is 20.1 Å². The van der Waals surface area contributed by atoms with Gasteiger partial charge in [-0.1, -0.05) is 10.2 Å². The van der Waals surface area contributed by atoms with Gasteiger partial charge in [0, 0.05) is 11.1 Å². The maximum Gasteiger partial charge on any atom is 0.613 e. The number of nitrogens with one attached hydrogen (secondary N) is 1. The second kappa shape index (κ2) is 9.27. The normalized spacial score (nSPS) is 27.7. The molecule has 158 valence electrons. The van der Waals surface area contributed by atoms with E-state index in [1.54, 1.807) is 0 Å². The number of esters is 1. The molecule has 0 spiro atoms. The minimum atomic E-state index is -2.50. The monoisotopic (exact) mass is 430 g/mol. The first-order chi connectivity index (χ1) is 13.6. The highest BCUT2D eigenvalue weighted by Gasteiger charge is 2.55. The maximum atomic E-state index is 12.2. The van der Waals surface area contributed by atoms with E-state index in [4.69, 9.17) is 20.5 Å². The Bertz CT molecular complexity index is 889. The van der Waals surface area contributed by atoms with Gasteiger partial charge in [-0.05, 0) is 30.0 Å². The highest BCUT2D eigenvalue weighted by molar-refractivity contribution is 7.36. The Kier molecular flexibility index (Phi) is 7.25. The molecule has 1 aliphatic heterocycles. The van der Waals surface area contributed by atoms with E-state index in [1.165, 1.54) is 33.2 Å². The van der Waals surface area contributed by atoms with Crippen LogP contribution in [0.5, 0.6) is 0 Å². The van der Waals surface area contributed by atoms with Gasteiger partial charge in [0.15, 0.2) is 6.23 Å². The van der Waals surface area contributed by atoms with Gasteiger partial charge in [-0.15, -0.1) is 4.52 Å². The number of carbonyl (C=O) groups is 1. The van der Waals surface area contributed by atoms with Crippen LogP contribution in [0.25, 0.3) is 10.4 Å². The van der Waals surface area contributed by atoms with Gasteiger partial charge < -0.3 is 20.3 Å². The number of anilines is 1. The predicted molar refractivity (Wildman–Crippen MR) is 98.5 cm³/mol. The van der Waals surface area contributed by atoms with E-state index in [2.05, 4.69) is 24.8 Å². The molecular formula is C14H21N7O7P+. The molecule has 0 aliphatic carbocycles. The summed E-state index contributed by atoms with van der Waals surface area (Å²) in [6.07, 6.45) is -2.44. The highest BCUT2D eigenvalue weighted by Crippen LogP contribution is 2.41. The Morgan fingerprint density at radius 2 is 2.38 bits per heavy atom. The van der Waals surface area contributed by atoms with E-state index < -0.39 is 49.9 Å². The van der Waals surface area contributed by atoms with Gasteiger partial charge in [-0.2, -0.15) is 4.98 Å². The van der Waals surface area contributed by atoms with Crippen LogP contribution in [0.4, 0.5) is 5.82 Å². The number of aliphatic hydroxyl groups is 1. The van der Waals surface area contributed by atoms with Gasteiger partial charge in [0.25, 0.3) is 0 Å². The van der Waals surface area contributed by atoms with Crippen molar-refractivity contribution in [3.8, 4) is 0 Å². The molecule has 15 heteroatoms. The number of methoxy groups -OCH3 is 1. The van der Waals surface area contributed by atoms with E-state index in [0.29, 0.717) is 0 Å². The summed E-state index contributed by atoms with van der Waals surface area (Å²) in [4.78, 5) is 29.8. The van der Waals surface area contributed by atoms with Gasteiger partial charge >= 0.3 is 19.8 Å². The smallest absolute Gasteiger partial charge is 0.468 e. The number of rotatable bonds is 8. The summed E-state index contributed by atoms with van der Waals surface area (Å²) in [5, 5.41) is 16.6. The van der Waals surface area contributed by atoms with Crippen LogP contribution in [0.3, 0.4) is 0 Å². The Hall–Kier alpha value is -2.60. The summed E-state index contributed by atoms with van der Waals surface area (Å²) >= 11 is 0. The second-order valence-corrected chi connectivity index (χ2v) is 7.39. The lowest BCUT2D eigenvalue weighted by molar-refractivity contribution is -0.142. The summed E-state index contributed by atoms with van der Waals surface area (Å²) in [7, 11) is -1.32. The second-order valence-electron chi connectivity index (χ2n) is 6.36. The molecule has 0 bridgehead atoms. The van der Waals surface area contributed by atoms with Crippen LogP contribution in [-0.2, 0) is 23.4 Å². The summed E-state index contributed by atoms with van der Waals surface area (Å²) in [5.41, 5.74) is 12.0. The van der Waals surface area contributed by atoms with Crippen LogP contribution in [0, 0.1) is 0 Å². The maximum absolute atomic E-state index is 12.2. The predicted octanol–water partition coefficient (Wildman–Crippen LogP) is -0.0221. The molecule has 0 saturated carbocycles. The number of aliphatic hydroxyl groups excluding tert-OH is 1. The third-order valence-corrected chi connectivity index (χ3v) is 5.31. The van der Waals surface area contributed by atoms with Crippen LogP contribution in [0.15, 0.2) is 22.2 Å². The SMILES string of the molecule is COC(=O)[C@H](C)N[P+](=O)OC[C@H]1OC(n2ccc(N)nc2=O)[C@](C)(N=[N+]=[N-])[C@@H]1O. The van der Waals surface area contributed by atoms with Crippen LogP contribution in [0.2, 0.25) is 0 Å². The lowest BCUT2D eigenvalue weighted by atomic mass is 9.93. The van der Waals surface area contributed by atoms with Crippen LogP contribution >= 0.6 is 8.18 Å². The van der Waals surface area contributed by atoms with Gasteiger partial charge in [0.2, 0.25) is 0 Å². The molecule has 14 nitrogen and oxygen atoms in total. The van der Waals surface area contributed by atoms with Gasteiger partial charge in [0.1, 0.15) is 30.1 Å². The van der Waals surface area contributed by atoms with Crippen molar-refractivity contribution >= 4 is 20.0 Å². The standard InChI is InChI=1S/C14H20N7O7P/c1-7(11(23)26-3)18-29(25)27-6-8-10(22)14(2,19-20-16)12(28-8)21-5-4-9(15)17-13(21)24/h4-5,7-8,10,12,22H,6H2,1-3H3,(H2-,15,17,18,24,25)/p+1/t7-,8+,10+,12?,14+/m0/s1.